The second-order valence-electron chi connectivity index (χ2n) is 5.58. The van der Waals surface area contributed by atoms with Crippen LogP contribution in [0.2, 0.25) is 0 Å². The number of rotatable bonds is 6. The van der Waals surface area contributed by atoms with Gasteiger partial charge in [0.2, 0.25) is 0 Å². The number of hydrogen-bond donors (Lipinski definition) is 1. The molecule has 1 aromatic heterocycles. The molecule has 1 amide bonds. The van der Waals surface area contributed by atoms with Crippen molar-refractivity contribution in [3.8, 4) is 0 Å². The summed E-state index contributed by atoms with van der Waals surface area (Å²) in [6.45, 7) is -0.208. The molecule has 1 heterocycles. The number of sulfone groups is 1. The molecule has 0 saturated heterocycles. The summed E-state index contributed by atoms with van der Waals surface area (Å²) in [6, 6.07) is 16.2. The van der Waals surface area contributed by atoms with E-state index in [4.69, 9.17) is 4.42 Å². The van der Waals surface area contributed by atoms with Gasteiger partial charge in [-0.3, -0.25) is 4.79 Å². The van der Waals surface area contributed by atoms with Crippen LogP contribution in [0.3, 0.4) is 0 Å². The highest BCUT2D eigenvalue weighted by Crippen LogP contribution is 2.28. The molecule has 5 nitrogen and oxygen atoms in total. The second-order valence-corrected chi connectivity index (χ2v) is 7.71. The maximum absolute atomic E-state index is 13.3. The smallest absolute Gasteiger partial charge is 0.251 e. The lowest BCUT2D eigenvalue weighted by Crippen LogP contribution is -2.31. The van der Waals surface area contributed by atoms with Crippen LogP contribution < -0.4 is 5.32 Å². The van der Waals surface area contributed by atoms with E-state index in [1.165, 1.54) is 36.6 Å². The molecule has 0 saturated carbocycles. The van der Waals surface area contributed by atoms with Gasteiger partial charge in [0.05, 0.1) is 11.2 Å². The summed E-state index contributed by atoms with van der Waals surface area (Å²) in [5, 5.41) is 1.45. The lowest BCUT2D eigenvalue weighted by molar-refractivity contribution is 0.0952. The summed E-state index contributed by atoms with van der Waals surface area (Å²) >= 11 is 0. The van der Waals surface area contributed by atoms with Gasteiger partial charge in [-0.25, -0.2) is 12.8 Å². The van der Waals surface area contributed by atoms with Crippen molar-refractivity contribution in [2.24, 2.45) is 0 Å². The SMILES string of the molecule is O=C(NC[C@H](c1ccco1)S(=O)(=O)c1ccccc1)c1cccc(F)c1. The summed E-state index contributed by atoms with van der Waals surface area (Å²) in [6.07, 6.45) is 1.37. The lowest BCUT2D eigenvalue weighted by atomic mass is 10.2. The van der Waals surface area contributed by atoms with E-state index in [1.54, 1.807) is 30.3 Å². The molecule has 1 atom stereocenters. The van der Waals surface area contributed by atoms with E-state index in [0.29, 0.717) is 0 Å². The summed E-state index contributed by atoms with van der Waals surface area (Å²) in [7, 11) is -3.79. The fraction of sp³-hybridized carbons (Fsp3) is 0.105. The molecule has 1 N–H and O–H groups in total. The number of benzene rings is 2. The molecular weight excluding hydrogens is 357 g/mol. The summed E-state index contributed by atoms with van der Waals surface area (Å²) in [5.74, 6) is -0.894. The van der Waals surface area contributed by atoms with Crippen molar-refractivity contribution >= 4 is 15.7 Å². The molecule has 134 valence electrons. The Bertz CT molecular complexity index is 985. The first kappa shape index (κ1) is 17.9. The van der Waals surface area contributed by atoms with E-state index in [9.17, 15) is 17.6 Å². The number of carbonyl (C=O) groups is 1. The third-order valence-corrected chi connectivity index (χ3v) is 5.92. The third-order valence-electron chi connectivity index (χ3n) is 3.84. The monoisotopic (exact) mass is 373 g/mol. The van der Waals surface area contributed by atoms with Crippen LogP contribution in [0.15, 0.2) is 82.3 Å². The van der Waals surface area contributed by atoms with Crippen LogP contribution in [0.4, 0.5) is 4.39 Å². The Morgan fingerprint density at radius 1 is 1.04 bits per heavy atom. The fourth-order valence-corrected chi connectivity index (χ4v) is 4.14. The number of halogens is 1. The van der Waals surface area contributed by atoms with Gasteiger partial charge in [0.15, 0.2) is 9.84 Å². The van der Waals surface area contributed by atoms with Gasteiger partial charge < -0.3 is 9.73 Å². The molecule has 0 aliphatic carbocycles. The van der Waals surface area contributed by atoms with E-state index in [0.717, 1.165) is 6.07 Å². The van der Waals surface area contributed by atoms with Gasteiger partial charge in [0, 0.05) is 12.1 Å². The van der Waals surface area contributed by atoms with Crippen LogP contribution in [0, 0.1) is 5.82 Å². The minimum atomic E-state index is -3.79. The second kappa shape index (κ2) is 7.53. The van der Waals surface area contributed by atoms with Crippen molar-refractivity contribution in [2.75, 3.05) is 6.54 Å². The van der Waals surface area contributed by atoms with Gasteiger partial charge in [0.25, 0.3) is 5.91 Å². The van der Waals surface area contributed by atoms with Gasteiger partial charge in [-0.15, -0.1) is 0 Å². The van der Waals surface area contributed by atoms with Crippen molar-refractivity contribution in [2.45, 2.75) is 10.1 Å². The maximum atomic E-state index is 13.3. The maximum Gasteiger partial charge on any atom is 0.251 e. The molecule has 0 aliphatic heterocycles. The van der Waals surface area contributed by atoms with Crippen LogP contribution in [0.25, 0.3) is 0 Å². The fourth-order valence-electron chi connectivity index (χ4n) is 2.53. The molecule has 0 bridgehead atoms. The Labute approximate surface area is 150 Å². The number of carbonyl (C=O) groups excluding carboxylic acids is 1. The van der Waals surface area contributed by atoms with E-state index < -0.39 is 26.8 Å². The average molecular weight is 373 g/mol. The summed E-state index contributed by atoms with van der Waals surface area (Å²) < 4.78 is 44.5. The number of furan rings is 1. The van der Waals surface area contributed by atoms with Gasteiger partial charge in [-0.1, -0.05) is 24.3 Å². The topological polar surface area (TPSA) is 76.4 Å². The van der Waals surface area contributed by atoms with Crippen molar-refractivity contribution in [1.29, 1.82) is 0 Å². The van der Waals surface area contributed by atoms with Crippen LogP contribution in [-0.4, -0.2) is 20.9 Å². The molecule has 3 rings (SSSR count). The molecule has 0 aliphatic rings. The molecule has 26 heavy (non-hydrogen) atoms. The minimum absolute atomic E-state index is 0.111. The highest BCUT2D eigenvalue weighted by molar-refractivity contribution is 7.91. The highest BCUT2D eigenvalue weighted by Gasteiger charge is 2.31. The van der Waals surface area contributed by atoms with E-state index in [-0.39, 0.29) is 22.8 Å². The van der Waals surface area contributed by atoms with Gasteiger partial charge in [0.1, 0.15) is 16.8 Å². The Morgan fingerprint density at radius 3 is 2.46 bits per heavy atom. The minimum Gasteiger partial charge on any atom is -0.468 e. The Hall–Kier alpha value is -2.93. The zero-order valence-electron chi connectivity index (χ0n) is 13.6. The van der Waals surface area contributed by atoms with Gasteiger partial charge in [-0.2, -0.15) is 0 Å². The predicted octanol–water partition coefficient (Wildman–Crippen LogP) is 3.36. The predicted molar refractivity (Wildman–Crippen MR) is 93.8 cm³/mol. The molecular formula is C19H16FNO4S. The molecule has 0 unspecified atom stereocenters. The number of nitrogens with one attached hydrogen (secondary N) is 1. The normalized spacial score (nSPS) is 12.5. The van der Waals surface area contributed by atoms with Crippen molar-refractivity contribution in [1.82, 2.24) is 5.32 Å². The van der Waals surface area contributed by atoms with E-state index >= 15 is 0 Å². The van der Waals surface area contributed by atoms with Gasteiger partial charge in [-0.05, 0) is 42.5 Å². The molecule has 0 radical (unpaired) electrons. The van der Waals surface area contributed by atoms with Crippen LogP contribution in [0.5, 0.6) is 0 Å². The lowest BCUT2D eigenvalue weighted by Gasteiger charge is -2.16. The zero-order valence-corrected chi connectivity index (χ0v) is 14.4. The summed E-state index contributed by atoms with van der Waals surface area (Å²) in [5.41, 5.74) is 0.111. The molecule has 0 fully saturated rings. The van der Waals surface area contributed by atoms with Crippen molar-refractivity contribution in [3.63, 3.8) is 0 Å². The largest absolute Gasteiger partial charge is 0.468 e. The number of hydrogen-bond acceptors (Lipinski definition) is 4. The Kier molecular flexibility index (Phi) is 5.18. The first-order valence-corrected chi connectivity index (χ1v) is 9.39. The highest BCUT2D eigenvalue weighted by atomic mass is 32.2. The third kappa shape index (κ3) is 3.83. The molecule has 7 heteroatoms. The van der Waals surface area contributed by atoms with Crippen LogP contribution >= 0.6 is 0 Å². The van der Waals surface area contributed by atoms with Crippen molar-refractivity contribution in [3.05, 3.63) is 90.1 Å². The Morgan fingerprint density at radius 2 is 1.81 bits per heavy atom. The van der Waals surface area contributed by atoms with E-state index in [1.807, 2.05) is 0 Å². The molecule has 2 aromatic carbocycles. The number of amides is 1. The van der Waals surface area contributed by atoms with Crippen LogP contribution in [-0.2, 0) is 9.84 Å². The standard InChI is InChI=1S/C19H16FNO4S/c20-15-7-4-6-14(12-15)19(22)21-13-18(17-10-5-11-25-17)26(23,24)16-8-2-1-3-9-16/h1-12,18H,13H2,(H,21,22)/t18-/m1/s1. The first-order valence-electron chi connectivity index (χ1n) is 7.84. The van der Waals surface area contributed by atoms with Crippen LogP contribution in [0.1, 0.15) is 21.4 Å². The van der Waals surface area contributed by atoms with Crippen molar-refractivity contribution < 1.29 is 22.0 Å². The summed E-state index contributed by atoms with van der Waals surface area (Å²) in [4.78, 5) is 12.4. The van der Waals surface area contributed by atoms with E-state index in [2.05, 4.69) is 5.32 Å². The zero-order chi connectivity index (χ0) is 18.6. The first-order chi connectivity index (χ1) is 12.5. The Balaban J connectivity index is 1.85. The molecule has 3 aromatic rings. The molecule has 0 spiro atoms. The van der Waals surface area contributed by atoms with Gasteiger partial charge >= 0.3 is 0 Å². The quantitative estimate of drug-likeness (QED) is 0.719. The average Bonchev–Trinajstić information content (AvgIpc) is 3.16.